The average Bonchev–Trinajstić information content (AvgIpc) is 3.22. The summed E-state index contributed by atoms with van der Waals surface area (Å²) in [5.41, 5.74) is 1.34. The Morgan fingerprint density at radius 1 is 1.40 bits per heavy atom. The Kier molecular flexibility index (Phi) is 4.27. The number of hydrogen-bond donors (Lipinski definition) is 2. The zero-order chi connectivity index (χ0) is 14.7. The third kappa shape index (κ3) is 3.29. The number of hydrogen-bond acceptors (Lipinski definition) is 2. The SMILES string of the molecule is CCCN(C(=O)Nc1ccc(C)cc1C(=O)O)C1CC1. The van der Waals surface area contributed by atoms with Gasteiger partial charge in [-0.3, -0.25) is 0 Å². The van der Waals surface area contributed by atoms with Gasteiger partial charge in [0.05, 0.1) is 11.3 Å². The van der Waals surface area contributed by atoms with Crippen molar-refractivity contribution in [2.24, 2.45) is 0 Å². The number of aromatic carboxylic acids is 1. The van der Waals surface area contributed by atoms with Gasteiger partial charge in [0.1, 0.15) is 0 Å². The molecule has 1 fully saturated rings. The summed E-state index contributed by atoms with van der Waals surface area (Å²) in [5.74, 6) is -1.03. The minimum absolute atomic E-state index is 0.130. The number of carbonyl (C=O) groups is 2. The first-order valence-corrected chi connectivity index (χ1v) is 6.94. The van der Waals surface area contributed by atoms with E-state index in [0.29, 0.717) is 18.3 Å². The highest BCUT2D eigenvalue weighted by atomic mass is 16.4. The van der Waals surface area contributed by atoms with Crippen LogP contribution in [-0.2, 0) is 0 Å². The predicted octanol–water partition coefficient (Wildman–Crippen LogP) is 3.10. The number of carboxylic acid groups (broad SMARTS) is 1. The van der Waals surface area contributed by atoms with Crippen molar-refractivity contribution in [1.29, 1.82) is 0 Å². The highest BCUT2D eigenvalue weighted by Gasteiger charge is 2.32. The van der Waals surface area contributed by atoms with Crippen LogP contribution >= 0.6 is 0 Å². The van der Waals surface area contributed by atoms with Crippen molar-refractivity contribution in [3.63, 3.8) is 0 Å². The lowest BCUT2D eigenvalue weighted by Crippen LogP contribution is -2.37. The van der Waals surface area contributed by atoms with Gasteiger partial charge < -0.3 is 15.3 Å². The van der Waals surface area contributed by atoms with E-state index in [4.69, 9.17) is 0 Å². The molecular formula is C15H20N2O3. The van der Waals surface area contributed by atoms with E-state index < -0.39 is 5.97 Å². The molecule has 0 spiro atoms. The number of carboxylic acids is 1. The van der Waals surface area contributed by atoms with Gasteiger partial charge in [0.25, 0.3) is 0 Å². The van der Waals surface area contributed by atoms with Crippen molar-refractivity contribution in [2.75, 3.05) is 11.9 Å². The lowest BCUT2D eigenvalue weighted by molar-refractivity contribution is 0.0698. The van der Waals surface area contributed by atoms with Crippen LogP contribution < -0.4 is 5.32 Å². The van der Waals surface area contributed by atoms with Crippen LogP contribution in [-0.4, -0.2) is 34.6 Å². The van der Waals surface area contributed by atoms with Crippen LogP contribution in [0.15, 0.2) is 18.2 Å². The minimum Gasteiger partial charge on any atom is -0.478 e. The smallest absolute Gasteiger partial charge is 0.337 e. The standard InChI is InChI=1S/C15H20N2O3/c1-3-8-17(11-5-6-11)15(20)16-13-7-4-10(2)9-12(13)14(18)19/h4,7,9,11H,3,5-6,8H2,1-2H3,(H,16,20)(H,18,19). The van der Waals surface area contributed by atoms with Crippen molar-refractivity contribution < 1.29 is 14.7 Å². The molecule has 2 amide bonds. The van der Waals surface area contributed by atoms with Crippen molar-refractivity contribution in [1.82, 2.24) is 4.90 Å². The maximum atomic E-state index is 12.3. The van der Waals surface area contributed by atoms with Crippen LogP contribution in [0.2, 0.25) is 0 Å². The van der Waals surface area contributed by atoms with Gasteiger partial charge >= 0.3 is 12.0 Å². The maximum absolute atomic E-state index is 12.3. The first-order valence-electron chi connectivity index (χ1n) is 6.94. The molecule has 0 radical (unpaired) electrons. The van der Waals surface area contributed by atoms with Gasteiger partial charge in [0, 0.05) is 12.6 Å². The van der Waals surface area contributed by atoms with Gasteiger partial charge in [0.15, 0.2) is 0 Å². The van der Waals surface area contributed by atoms with E-state index in [2.05, 4.69) is 5.32 Å². The molecule has 2 rings (SSSR count). The first kappa shape index (κ1) is 14.4. The number of benzene rings is 1. The third-order valence-corrected chi connectivity index (χ3v) is 3.36. The van der Waals surface area contributed by atoms with Crippen molar-refractivity contribution in [2.45, 2.75) is 39.2 Å². The summed E-state index contributed by atoms with van der Waals surface area (Å²) in [7, 11) is 0. The minimum atomic E-state index is -1.03. The van der Waals surface area contributed by atoms with Gasteiger partial charge in [-0.25, -0.2) is 9.59 Å². The van der Waals surface area contributed by atoms with Crippen molar-refractivity contribution >= 4 is 17.7 Å². The largest absolute Gasteiger partial charge is 0.478 e. The third-order valence-electron chi connectivity index (χ3n) is 3.36. The molecular weight excluding hydrogens is 256 g/mol. The number of anilines is 1. The van der Waals surface area contributed by atoms with Crippen LogP contribution in [0.1, 0.15) is 42.1 Å². The molecule has 0 heterocycles. The van der Waals surface area contributed by atoms with Gasteiger partial charge in [-0.1, -0.05) is 18.6 Å². The number of urea groups is 1. The topological polar surface area (TPSA) is 69.6 Å². The number of aryl methyl sites for hydroxylation is 1. The number of carbonyl (C=O) groups excluding carboxylic acids is 1. The fourth-order valence-electron chi connectivity index (χ4n) is 2.21. The molecule has 0 aromatic heterocycles. The Morgan fingerprint density at radius 3 is 2.65 bits per heavy atom. The zero-order valence-electron chi connectivity index (χ0n) is 11.8. The molecule has 5 nitrogen and oxygen atoms in total. The van der Waals surface area contributed by atoms with E-state index in [1.54, 1.807) is 23.1 Å². The molecule has 20 heavy (non-hydrogen) atoms. The molecule has 0 unspecified atom stereocenters. The molecule has 1 saturated carbocycles. The van der Waals surface area contributed by atoms with Crippen LogP contribution in [0.5, 0.6) is 0 Å². The van der Waals surface area contributed by atoms with Gasteiger partial charge in [-0.05, 0) is 38.3 Å². The van der Waals surface area contributed by atoms with E-state index in [0.717, 1.165) is 24.8 Å². The van der Waals surface area contributed by atoms with Crippen LogP contribution in [0.4, 0.5) is 10.5 Å². The lowest BCUT2D eigenvalue weighted by atomic mass is 10.1. The molecule has 1 aromatic rings. The number of nitrogens with one attached hydrogen (secondary N) is 1. The maximum Gasteiger partial charge on any atom is 0.337 e. The Bertz CT molecular complexity index is 524. The summed E-state index contributed by atoms with van der Waals surface area (Å²) in [4.78, 5) is 25.3. The molecule has 0 bridgehead atoms. The van der Waals surface area contributed by atoms with E-state index >= 15 is 0 Å². The van der Waals surface area contributed by atoms with E-state index in [1.807, 2.05) is 13.8 Å². The highest BCUT2D eigenvalue weighted by molar-refractivity contribution is 6.00. The monoisotopic (exact) mass is 276 g/mol. The fourth-order valence-corrected chi connectivity index (χ4v) is 2.21. The van der Waals surface area contributed by atoms with Crippen molar-refractivity contribution in [3.05, 3.63) is 29.3 Å². The van der Waals surface area contributed by atoms with Gasteiger partial charge in [0.2, 0.25) is 0 Å². The molecule has 0 atom stereocenters. The number of rotatable bonds is 5. The molecule has 1 aliphatic carbocycles. The van der Waals surface area contributed by atoms with Crippen LogP contribution in [0.25, 0.3) is 0 Å². The quantitative estimate of drug-likeness (QED) is 0.868. The highest BCUT2D eigenvalue weighted by Crippen LogP contribution is 2.28. The summed E-state index contributed by atoms with van der Waals surface area (Å²) >= 11 is 0. The van der Waals surface area contributed by atoms with E-state index in [1.165, 1.54) is 0 Å². The zero-order valence-corrected chi connectivity index (χ0v) is 11.8. The normalized spacial score (nSPS) is 13.9. The second-order valence-electron chi connectivity index (χ2n) is 5.21. The summed E-state index contributed by atoms with van der Waals surface area (Å²) in [6.45, 7) is 4.55. The van der Waals surface area contributed by atoms with Crippen LogP contribution in [0, 0.1) is 6.92 Å². The van der Waals surface area contributed by atoms with Crippen molar-refractivity contribution in [3.8, 4) is 0 Å². The summed E-state index contributed by atoms with van der Waals surface area (Å²) in [6, 6.07) is 5.12. The Balaban J connectivity index is 2.16. The molecule has 1 aromatic carbocycles. The number of nitrogens with zero attached hydrogens (tertiary/aromatic N) is 1. The molecule has 2 N–H and O–H groups in total. The van der Waals surface area contributed by atoms with E-state index in [-0.39, 0.29) is 11.6 Å². The Hall–Kier alpha value is -2.04. The average molecular weight is 276 g/mol. The second kappa shape index (κ2) is 5.94. The van der Waals surface area contributed by atoms with Crippen LogP contribution in [0.3, 0.4) is 0 Å². The molecule has 0 aliphatic heterocycles. The molecule has 108 valence electrons. The molecule has 5 heteroatoms. The Morgan fingerprint density at radius 2 is 2.10 bits per heavy atom. The second-order valence-corrected chi connectivity index (χ2v) is 5.21. The summed E-state index contributed by atoms with van der Waals surface area (Å²) in [5, 5.41) is 11.9. The fraction of sp³-hybridized carbons (Fsp3) is 0.467. The number of amides is 2. The summed E-state index contributed by atoms with van der Waals surface area (Å²) < 4.78 is 0. The molecule has 1 aliphatic rings. The van der Waals surface area contributed by atoms with E-state index in [9.17, 15) is 14.7 Å². The van der Waals surface area contributed by atoms with Gasteiger partial charge in [-0.15, -0.1) is 0 Å². The Labute approximate surface area is 118 Å². The molecule has 0 saturated heterocycles. The summed E-state index contributed by atoms with van der Waals surface area (Å²) in [6.07, 6.45) is 2.96. The predicted molar refractivity (Wildman–Crippen MR) is 77.2 cm³/mol. The first-order chi connectivity index (χ1) is 9.52. The van der Waals surface area contributed by atoms with Gasteiger partial charge in [-0.2, -0.15) is 0 Å². The lowest BCUT2D eigenvalue weighted by Gasteiger charge is -2.22.